The van der Waals surface area contributed by atoms with Crippen LogP contribution >= 0.6 is 0 Å². The van der Waals surface area contributed by atoms with Crippen LogP contribution in [0.4, 0.5) is 5.69 Å². The van der Waals surface area contributed by atoms with E-state index in [0.29, 0.717) is 71.3 Å². The molecular formula is C43H47N3O8. The highest BCUT2D eigenvalue weighted by molar-refractivity contribution is 6.06. The van der Waals surface area contributed by atoms with Gasteiger partial charge in [0.25, 0.3) is 5.91 Å². The first-order valence-corrected chi connectivity index (χ1v) is 18.5. The summed E-state index contributed by atoms with van der Waals surface area (Å²) in [4.78, 5) is 38.5. The van der Waals surface area contributed by atoms with E-state index in [2.05, 4.69) is 41.8 Å². The molecule has 0 saturated carbocycles. The van der Waals surface area contributed by atoms with Crippen LogP contribution in [-0.2, 0) is 30.3 Å². The molecule has 6 rings (SSSR count). The molecule has 1 saturated heterocycles. The number of hydrogen-bond acceptors (Lipinski definition) is 9. The number of piperidine rings is 1. The highest BCUT2D eigenvalue weighted by Gasteiger charge is 2.39. The lowest BCUT2D eigenvalue weighted by Crippen LogP contribution is -2.52. The molecule has 3 amide bonds. The number of rotatable bonds is 19. The first-order valence-electron chi connectivity index (χ1n) is 18.5. The third-order valence-corrected chi connectivity index (χ3v) is 9.46. The number of imide groups is 1. The summed E-state index contributed by atoms with van der Waals surface area (Å²) in [7, 11) is 0. The Hall–Kier alpha value is -5.49. The Kier molecular flexibility index (Phi) is 13.5. The molecule has 4 aromatic carbocycles. The number of anilines is 1. The van der Waals surface area contributed by atoms with Crippen molar-refractivity contribution in [3.63, 3.8) is 0 Å². The number of nitrogens with one attached hydrogen (secondary N) is 2. The quantitative estimate of drug-likeness (QED) is 0.0597. The molecule has 11 heteroatoms. The topological polar surface area (TPSA) is 136 Å². The number of benzene rings is 4. The van der Waals surface area contributed by atoms with Gasteiger partial charge >= 0.3 is 0 Å². The predicted molar refractivity (Wildman–Crippen MR) is 206 cm³/mol. The molecule has 2 aliphatic heterocycles. The third kappa shape index (κ3) is 9.73. The van der Waals surface area contributed by atoms with Gasteiger partial charge in [-0.2, -0.15) is 0 Å². The maximum absolute atomic E-state index is 13.0. The van der Waals surface area contributed by atoms with E-state index in [1.807, 2.05) is 54.6 Å². The summed E-state index contributed by atoms with van der Waals surface area (Å²) < 4.78 is 22.9. The van der Waals surface area contributed by atoms with Crippen LogP contribution in [0.2, 0.25) is 0 Å². The number of phenols is 1. The fraction of sp³-hybridized carbons (Fsp3) is 0.326. The molecular weight excluding hydrogens is 686 g/mol. The molecule has 1 unspecified atom stereocenters. The van der Waals surface area contributed by atoms with Crippen molar-refractivity contribution in [1.82, 2.24) is 10.2 Å². The fourth-order valence-corrected chi connectivity index (χ4v) is 6.80. The highest BCUT2D eigenvalue weighted by atomic mass is 16.6. The van der Waals surface area contributed by atoms with Crippen LogP contribution in [0.5, 0.6) is 11.5 Å². The van der Waals surface area contributed by atoms with Gasteiger partial charge in [0, 0.05) is 36.3 Å². The van der Waals surface area contributed by atoms with Gasteiger partial charge in [-0.3, -0.25) is 19.7 Å². The lowest BCUT2D eigenvalue weighted by molar-refractivity contribution is -0.136. The lowest BCUT2D eigenvalue weighted by Gasteiger charge is -2.29. The van der Waals surface area contributed by atoms with Gasteiger partial charge in [-0.05, 0) is 77.1 Å². The minimum Gasteiger partial charge on any atom is -0.508 e. The molecule has 0 radical (unpaired) electrons. The van der Waals surface area contributed by atoms with Gasteiger partial charge in [0.1, 0.15) is 24.1 Å². The second-order valence-electron chi connectivity index (χ2n) is 13.0. The Balaban J connectivity index is 0.850. The third-order valence-electron chi connectivity index (χ3n) is 9.46. The molecule has 0 aliphatic carbocycles. The molecule has 3 N–H and O–H groups in total. The average molecular weight is 734 g/mol. The van der Waals surface area contributed by atoms with E-state index >= 15 is 0 Å². The van der Waals surface area contributed by atoms with Crippen LogP contribution < -0.4 is 15.4 Å². The Bertz CT molecular complexity index is 1910. The van der Waals surface area contributed by atoms with E-state index in [-0.39, 0.29) is 24.0 Å². The second kappa shape index (κ2) is 19.0. The number of phenolic OH excluding ortho intramolecular Hbond substituents is 1. The monoisotopic (exact) mass is 733 g/mol. The van der Waals surface area contributed by atoms with Crippen molar-refractivity contribution in [2.45, 2.75) is 38.8 Å². The van der Waals surface area contributed by atoms with E-state index in [0.717, 1.165) is 40.1 Å². The molecule has 4 aromatic rings. The molecule has 2 aliphatic rings. The van der Waals surface area contributed by atoms with Crippen LogP contribution in [0.3, 0.4) is 0 Å². The molecule has 0 aromatic heterocycles. The van der Waals surface area contributed by atoms with Crippen LogP contribution in [-0.4, -0.2) is 86.6 Å². The Morgan fingerprint density at radius 3 is 2.07 bits per heavy atom. The number of ether oxygens (including phenoxy) is 4. The summed E-state index contributed by atoms with van der Waals surface area (Å²) in [6.07, 6.45) is 1.41. The van der Waals surface area contributed by atoms with Gasteiger partial charge in [-0.15, -0.1) is 0 Å². The number of hydrogen-bond donors (Lipinski definition) is 3. The molecule has 11 nitrogen and oxygen atoms in total. The van der Waals surface area contributed by atoms with Gasteiger partial charge < -0.3 is 34.3 Å². The largest absolute Gasteiger partial charge is 0.508 e. The van der Waals surface area contributed by atoms with Gasteiger partial charge in [0.05, 0.1) is 39.6 Å². The Morgan fingerprint density at radius 2 is 1.41 bits per heavy atom. The number of amides is 3. The SMILES string of the molecule is CCC(=C(c1ccc(O)cc1)c1ccc(OCCOCCOCCOCCNc2cccc3c2CN(C2CCC(=O)NC2=O)C3=O)cc1)c1ccccc1. The Morgan fingerprint density at radius 1 is 0.759 bits per heavy atom. The van der Waals surface area contributed by atoms with Gasteiger partial charge in [-0.1, -0.05) is 67.6 Å². The Labute approximate surface area is 315 Å². The van der Waals surface area contributed by atoms with Crippen LogP contribution in [0.25, 0.3) is 11.1 Å². The summed E-state index contributed by atoms with van der Waals surface area (Å²) in [6, 6.07) is 30.6. The molecule has 54 heavy (non-hydrogen) atoms. The van der Waals surface area contributed by atoms with Crippen molar-refractivity contribution in [3.8, 4) is 11.5 Å². The van der Waals surface area contributed by atoms with Crippen molar-refractivity contribution < 1.29 is 38.4 Å². The number of carbonyl (C=O) groups is 3. The molecule has 282 valence electrons. The van der Waals surface area contributed by atoms with Crippen molar-refractivity contribution in [1.29, 1.82) is 0 Å². The summed E-state index contributed by atoms with van der Waals surface area (Å²) in [5.74, 6) is 0.0746. The number of fused-ring (bicyclic) bond motifs is 1. The summed E-state index contributed by atoms with van der Waals surface area (Å²) in [5, 5.41) is 15.6. The van der Waals surface area contributed by atoms with E-state index in [4.69, 9.17) is 18.9 Å². The fourth-order valence-electron chi connectivity index (χ4n) is 6.80. The smallest absolute Gasteiger partial charge is 0.255 e. The van der Waals surface area contributed by atoms with Crippen LogP contribution in [0.15, 0.2) is 97.1 Å². The zero-order valence-electron chi connectivity index (χ0n) is 30.6. The number of aromatic hydroxyl groups is 1. The predicted octanol–water partition coefficient (Wildman–Crippen LogP) is 6.06. The van der Waals surface area contributed by atoms with Gasteiger partial charge in [-0.25, -0.2) is 0 Å². The van der Waals surface area contributed by atoms with Crippen molar-refractivity contribution >= 4 is 34.6 Å². The van der Waals surface area contributed by atoms with E-state index < -0.39 is 11.9 Å². The van der Waals surface area contributed by atoms with E-state index in [9.17, 15) is 19.5 Å². The summed E-state index contributed by atoms with van der Waals surface area (Å²) in [5.41, 5.74) is 7.86. The maximum Gasteiger partial charge on any atom is 0.255 e. The number of allylic oxidation sites excluding steroid dienone is 1. The minimum absolute atomic E-state index is 0.196. The summed E-state index contributed by atoms with van der Waals surface area (Å²) in [6.45, 7) is 6.06. The molecule has 0 bridgehead atoms. The summed E-state index contributed by atoms with van der Waals surface area (Å²) >= 11 is 0. The average Bonchev–Trinajstić information content (AvgIpc) is 3.53. The molecule has 1 atom stereocenters. The first kappa shape index (κ1) is 38.2. The van der Waals surface area contributed by atoms with Crippen LogP contribution in [0, 0.1) is 0 Å². The van der Waals surface area contributed by atoms with Crippen molar-refractivity contribution in [2.24, 2.45) is 0 Å². The van der Waals surface area contributed by atoms with Gasteiger partial charge in [0.2, 0.25) is 11.8 Å². The normalized spacial score (nSPS) is 15.8. The second-order valence-corrected chi connectivity index (χ2v) is 13.0. The minimum atomic E-state index is -0.641. The highest BCUT2D eigenvalue weighted by Crippen LogP contribution is 2.36. The maximum atomic E-state index is 13.0. The van der Waals surface area contributed by atoms with Crippen molar-refractivity contribution in [2.75, 3.05) is 58.1 Å². The first-order chi connectivity index (χ1) is 26.4. The van der Waals surface area contributed by atoms with E-state index in [1.165, 1.54) is 11.1 Å². The zero-order chi connectivity index (χ0) is 37.7. The standard InChI is InChI=1S/C43H47N3O8/c1-2-35(30-7-4-3-5-8-30)41(31-11-15-33(47)16-12-31)32-13-17-34(18-14-32)54-28-27-53-26-25-52-24-23-51-22-21-44-38-10-6-9-36-37(38)29-46(43(36)50)39-19-20-40(48)45-42(39)49/h3-18,39,44,47H,2,19-29H2,1H3,(H,45,48,49). The zero-order valence-corrected chi connectivity index (χ0v) is 30.6. The number of nitrogens with zero attached hydrogens (tertiary/aromatic N) is 1. The molecule has 2 heterocycles. The molecule has 0 spiro atoms. The van der Waals surface area contributed by atoms with Crippen molar-refractivity contribution in [3.05, 3.63) is 125 Å². The van der Waals surface area contributed by atoms with Crippen LogP contribution in [0.1, 0.15) is 58.8 Å². The number of carbonyl (C=O) groups excluding carboxylic acids is 3. The van der Waals surface area contributed by atoms with E-state index in [1.54, 1.807) is 23.1 Å². The molecule has 1 fully saturated rings. The van der Waals surface area contributed by atoms with Gasteiger partial charge in [0.15, 0.2) is 0 Å². The lowest BCUT2D eigenvalue weighted by atomic mass is 9.88.